The summed E-state index contributed by atoms with van der Waals surface area (Å²) in [5, 5.41) is 6.84. The Bertz CT molecular complexity index is 635. The Balaban J connectivity index is 1.37. The standard InChI is InChI=1S/C18H22N2O4/c21-18(19-10-15-6-7-22-12-15)9-16-8-17(24-20-16)13-23-11-14-4-2-1-3-5-14/h1-5,8,15H,6-7,9-13H2,(H,19,21)/t15-/m0/s1. The zero-order valence-corrected chi connectivity index (χ0v) is 13.6. The Hall–Kier alpha value is -2.18. The van der Waals surface area contributed by atoms with Crippen LogP contribution in [0.1, 0.15) is 23.4 Å². The van der Waals surface area contributed by atoms with Crippen molar-refractivity contribution in [3.63, 3.8) is 0 Å². The molecule has 1 fully saturated rings. The predicted octanol–water partition coefficient (Wildman–Crippen LogP) is 2.09. The van der Waals surface area contributed by atoms with Crippen LogP contribution in [0.3, 0.4) is 0 Å². The van der Waals surface area contributed by atoms with Gasteiger partial charge in [0.05, 0.1) is 25.3 Å². The minimum absolute atomic E-state index is 0.0491. The predicted molar refractivity (Wildman–Crippen MR) is 87.1 cm³/mol. The molecule has 128 valence electrons. The number of benzene rings is 1. The number of amides is 1. The van der Waals surface area contributed by atoms with Crippen molar-refractivity contribution in [2.24, 2.45) is 5.92 Å². The van der Waals surface area contributed by atoms with Crippen molar-refractivity contribution < 1.29 is 18.8 Å². The monoisotopic (exact) mass is 330 g/mol. The highest BCUT2D eigenvalue weighted by atomic mass is 16.5. The summed E-state index contributed by atoms with van der Waals surface area (Å²) in [6, 6.07) is 11.7. The Morgan fingerprint density at radius 3 is 2.96 bits per heavy atom. The van der Waals surface area contributed by atoms with Gasteiger partial charge in [-0.3, -0.25) is 4.79 Å². The molecule has 1 aliphatic heterocycles. The second kappa shape index (κ2) is 8.61. The first-order valence-electron chi connectivity index (χ1n) is 8.20. The van der Waals surface area contributed by atoms with E-state index < -0.39 is 0 Å². The maximum atomic E-state index is 11.9. The lowest BCUT2D eigenvalue weighted by Crippen LogP contribution is -2.30. The van der Waals surface area contributed by atoms with Gasteiger partial charge >= 0.3 is 0 Å². The molecule has 0 bridgehead atoms. The van der Waals surface area contributed by atoms with Gasteiger partial charge in [-0.1, -0.05) is 35.5 Å². The average Bonchev–Trinajstić information content (AvgIpc) is 3.26. The minimum Gasteiger partial charge on any atom is -0.381 e. The maximum absolute atomic E-state index is 11.9. The molecular weight excluding hydrogens is 308 g/mol. The summed E-state index contributed by atoms with van der Waals surface area (Å²) in [6.07, 6.45) is 1.23. The maximum Gasteiger partial charge on any atom is 0.226 e. The van der Waals surface area contributed by atoms with Gasteiger partial charge in [-0.15, -0.1) is 0 Å². The van der Waals surface area contributed by atoms with E-state index in [1.165, 1.54) is 0 Å². The molecule has 0 unspecified atom stereocenters. The third kappa shape index (κ3) is 5.18. The molecule has 0 radical (unpaired) electrons. The van der Waals surface area contributed by atoms with Crippen LogP contribution in [0.4, 0.5) is 0 Å². The molecule has 1 aromatic carbocycles. The first kappa shape index (κ1) is 16.7. The smallest absolute Gasteiger partial charge is 0.226 e. The van der Waals surface area contributed by atoms with E-state index in [1.807, 2.05) is 30.3 Å². The van der Waals surface area contributed by atoms with E-state index in [4.69, 9.17) is 14.0 Å². The summed E-state index contributed by atoms with van der Waals surface area (Å²) in [7, 11) is 0. The van der Waals surface area contributed by atoms with Crippen molar-refractivity contribution in [3.8, 4) is 0 Å². The Morgan fingerprint density at radius 1 is 1.29 bits per heavy atom. The zero-order chi connectivity index (χ0) is 16.6. The van der Waals surface area contributed by atoms with Crippen LogP contribution < -0.4 is 5.32 Å². The number of nitrogens with one attached hydrogen (secondary N) is 1. The van der Waals surface area contributed by atoms with Crippen LogP contribution in [0.5, 0.6) is 0 Å². The average molecular weight is 330 g/mol. The summed E-state index contributed by atoms with van der Waals surface area (Å²) in [5.74, 6) is 0.998. The largest absolute Gasteiger partial charge is 0.381 e. The molecule has 1 aromatic heterocycles. The highest BCUT2D eigenvalue weighted by molar-refractivity contribution is 5.78. The van der Waals surface area contributed by atoms with Gasteiger partial charge in [0.1, 0.15) is 6.61 Å². The first-order valence-corrected chi connectivity index (χ1v) is 8.20. The molecule has 1 amide bonds. The van der Waals surface area contributed by atoms with Crippen LogP contribution in [-0.2, 0) is 33.9 Å². The minimum atomic E-state index is -0.0491. The second-order valence-electron chi connectivity index (χ2n) is 5.97. The van der Waals surface area contributed by atoms with E-state index in [9.17, 15) is 4.79 Å². The highest BCUT2D eigenvalue weighted by Crippen LogP contribution is 2.11. The van der Waals surface area contributed by atoms with Gasteiger partial charge in [0.15, 0.2) is 5.76 Å². The van der Waals surface area contributed by atoms with E-state index in [2.05, 4.69) is 10.5 Å². The zero-order valence-electron chi connectivity index (χ0n) is 13.6. The lowest BCUT2D eigenvalue weighted by atomic mass is 10.1. The number of carbonyl (C=O) groups excluding carboxylic acids is 1. The number of hydrogen-bond donors (Lipinski definition) is 1. The molecule has 1 aliphatic rings. The molecule has 1 atom stereocenters. The van der Waals surface area contributed by atoms with Gasteiger partial charge in [-0.05, 0) is 12.0 Å². The van der Waals surface area contributed by atoms with Crippen molar-refractivity contribution in [2.45, 2.75) is 26.1 Å². The molecule has 24 heavy (non-hydrogen) atoms. The molecule has 0 saturated carbocycles. The highest BCUT2D eigenvalue weighted by Gasteiger charge is 2.17. The van der Waals surface area contributed by atoms with E-state index in [-0.39, 0.29) is 12.3 Å². The van der Waals surface area contributed by atoms with Crippen molar-refractivity contribution in [1.29, 1.82) is 0 Å². The molecule has 3 rings (SSSR count). The normalized spacial score (nSPS) is 17.1. The number of nitrogens with zero attached hydrogens (tertiary/aromatic N) is 1. The van der Waals surface area contributed by atoms with Crippen molar-refractivity contribution in [2.75, 3.05) is 19.8 Å². The Morgan fingerprint density at radius 2 is 2.17 bits per heavy atom. The molecule has 6 heteroatoms. The van der Waals surface area contributed by atoms with E-state index in [0.717, 1.165) is 25.2 Å². The van der Waals surface area contributed by atoms with Crippen molar-refractivity contribution in [1.82, 2.24) is 10.5 Å². The molecule has 0 spiro atoms. The van der Waals surface area contributed by atoms with E-state index in [0.29, 0.717) is 37.1 Å². The molecule has 0 aliphatic carbocycles. The summed E-state index contributed by atoms with van der Waals surface area (Å²) in [5.41, 5.74) is 1.72. The molecule has 1 saturated heterocycles. The van der Waals surface area contributed by atoms with Gasteiger partial charge in [0.2, 0.25) is 5.91 Å². The fraction of sp³-hybridized carbons (Fsp3) is 0.444. The number of ether oxygens (including phenoxy) is 2. The number of hydrogen-bond acceptors (Lipinski definition) is 5. The van der Waals surface area contributed by atoms with E-state index in [1.54, 1.807) is 6.07 Å². The quantitative estimate of drug-likeness (QED) is 0.802. The van der Waals surface area contributed by atoms with Gasteiger partial charge < -0.3 is 19.3 Å². The van der Waals surface area contributed by atoms with Gasteiger partial charge in [-0.2, -0.15) is 0 Å². The van der Waals surface area contributed by atoms with Gasteiger partial charge in [0, 0.05) is 25.1 Å². The number of aromatic nitrogens is 1. The third-order valence-corrected chi connectivity index (χ3v) is 3.92. The van der Waals surface area contributed by atoms with Crippen LogP contribution in [0, 0.1) is 5.92 Å². The summed E-state index contributed by atoms with van der Waals surface area (Å²) in [4.78, 5) is 11.9. The number of rotatable bonds is 8. The lowest BCUT2D eigenvalue weighted by molar-refractivity contribution is -0.120. The molecule has 6 nitrogen and oxygen atoms in total. The van der Waals surface area contributed by atoms with E-state index >= 15 is 0 Å². The van der Waals surface area contributed by atoms with Gasteiger partial charge in [0.25, 0.3) is 0 Å². The summed E-state index contributed by atoms with van der Waals surface area (Å²) >= 11 is 0. The van der Waals surface area contributed by atoms with Crippen LogP contribution >= 0.6 is 0 Å². The fourth-order valence-electron chi connectivity index (χ4n) is 2.58. The molecule has 1 N–H and O–H groups in total. The lowest BCUT2D eigenvalue weighted by Gasteiger charge is -2.08. The van der Waals surface area contributed by atoms with Crippen molar-refractivity contribution in [3.05, 3.63) is 53.4 Å². The second-order valence-corrected chi connectivity index (χ2v) is 5.97. The molecule has 2 heterocycles. The summed E-state index contributed by atoms with van der Waals surface area (Å²) < 4.78 is 16.1. The third-order valence-electron chi connectivity index (χ3n) is 3.92. The SMILES string of the molecule is O=C(Cc1cc(COCc2ccccc2)on1)NC[C@@H]1CCOC1. The van der Waals surface area contributed by atoms with Gasteiger partial charge in [-0.25, -0.2) is 0 Å². The summed E-state index contributed by atoms with van der Waals surface area (Å²) in [6.45, 7) is 3.02. The van der Waals surface area contributed by atoms with Crippen LogP contribution in [0.15, 0.2) is 40.9 Å². The van der Waals surface area contributed by atoms with Crippen LogP contribution in [0.2, 0.25) is 0 Å². The van der Waals surface area contributed by atoms with Crippen LogP contribution in [-0.4, -0.2) is 30.8 Å². The first-order chi connectivity index (χ1) is 11.8. The molecular formula is C18H22N2O4. The Labute approximate surface area is 141 Å². The Kier molecular flexibility index (Phi) is 5.98. The fourth-order valence-corrected chi connectivity index (χ4v) is 2.58. The van der Waals surface area contributed by atoms with Crippen molar-refractivity contribution >= 4 is 5.91 Å². The number of carbonyl (C=O) groups is 1. The topological polar surface area (TPSA) is 73.6 Å². The molecule has 2 aromatic rings. The van der Waals surface area contributed by atoms with Crippen LogP contribution in [0.25, 0.3) is 0 Å².